The van der Waals surface area contributed by atoms with E-state index in [4.69, 9.17) is 0 Å². The van der Waals surface area contributed by atoms with E-state index in [0.29, 0.717) is 18.7 Å². The van der Waals surface area contributed by atoms with Gasteiger partial charge in [0.2, 0.25) is 5.95 Å². The first-order valence-corrected chi connectivity index (χ1v) is 5.91. The topological polar surface area (TPSA) is 24.9 Å². The van der Waals surface area contributed by atoms with Crippen molar-refractivity contribution < 1.29 is 17.6 Å². The Bertz CT molecular complexity index is 397. The summed E-state index contributed by atoms with van der Waals surface area (Å²) in [6, 6.07) is 4.30. The predicted molar refractivity (Wildman–Crippen MR) is 59.6 cm³/mol. The van der Waals surface area contributed by atoms with Gasteiger partial charge in [-0.1, -0.05) is 6.07 Å². The average Bonchev–Trinajstić information content (AvgIpc) is 2.28. The van der Waals surface area contributed by atoms with Gasteiger partial charge < -0.3 is 5.32 Å². The van der Waals surface area contributed by atoms with Crippen molar-refractivity contribution in [2.45, 2.75) is 37.9 Å². The van der Waals surface area contributed by atoms with Gasteiger partial charge in [0, 0.05) is 6.04 Å². The Balaban J connectivity index is 1.87. The molecular weight excluding hydrogens is 248 g/mol. The van der Waals surface area contributed by atoms with E-state index in [1.807, 2.05) is 0 Å². The molecule has 1 aromatic rings. The number of aromatic nitrogens is 1. The summed E-state index contributed by atoms with van der Waals surface area (Å²) in [4.78, 5) is 3.64. The second-order valence-corrected chi connectivity index (χ2v) is 4.58. The predicted octanol–water partition coefficient (Wildman–Crippen LogP) is 3.75. The molecule has 18 heavy (non-hydrogen) atoms. The maximum absolute atomic E-state index is 12.8. The Morgan fingerprint density at radius 3 is 2.33 bits per heavy atom. The summed E-state index contributed by atoms with van der Waals surface area (Å²) >= 11 is 0. The van der Waals surface area contributed by atoms with Gasteiger partial charge in [-0.15, -0.1) is 0 Å². The van der Waals surface area contributed by atoms with Gasteiger partial charge in [0.25, 0.3) is 0 Å². The molecule has 0 saturated heterocycles. The second-order valence-electron chi connectivity index (χ2n) is 4.58. The molecule has 1 N–H and O–H groups in total. The van der Waals surface area contributed by atoms with Crippen LogP contribution >= 0.6 is 0 Å². The lowest BCUT2D eigenvalue weighted by Gasteiger charge is -2.30. The highest BCUT2D eigenvalue weighted by atomic mass is 19.4. The summed E-state index contributed by atoms with van der Waals surface area (Å²) < 4.78 is 50.2. The highest BCUT2D eigenvalue weighted by Crippen LogP contribution is 2.37. The number of halogens is 4. The first-order chi connectivity index (χ1) is 8.45. The van der Waals surface area contributed by atoms with E-state index in [-0.39, 0.29) is 18.9 Å². The van der Waals surface area contributed by atoms with Gasteiger partial charge in [0.05, 0.1) is 5.92 Å². The minimum absolute atomic E-state index is 0.0575. The summed E-state index contributed by atoms with van der Waals surface area (Å²) in [5, 5.41) is 2.98. The molecule has 2 rings (SSSR count). The third-order valence-corrected chi connectivity index (χ3v) is 3.26. The molecule has 1 aliphatic rings. The van der Waals surface area contributed by atoms with Gasteiger partial charge in [0.15, 0.2) is 0 Å². The number of nitrogens with one attached hydrogen (secondary N) is 1. The molecule has 1 fully saturated rings. The van der Waals surface area contributed by atoms with Crippen LogP contribution < -0.4 is 5.32 Å². The summed E-state index contributed by atoms with van der Waals surface area (Å²) in [6.45, 7) is 0. The van der Waals surface area contributed by atoms with E-state index in [0.717, 1.165) is 0 Å². The quantitative estimate of drug-likeness (QED) is 0.648. The standard InChI is InChI=1S/C12H14F4N2/c13-10-2-1-3-11(18-10)17-9-6-4-8(5-7-9)12(14,15)16/h1-3,8-9H,4-7H2,(H,17,18). The number of anilines is 1. The first-order valence-electron chi connectivity index (χ1n) is 5.91. The van der Waals surface area contributed by atoms with Crippen molar-refractivity contribution in [1.29, 1.82) is 0 Å². The second kappa shape index (κ2) is 5.12. The van der Waals surface area contributed by atoms with Gasteiger partial charge >= 0.3 is 6.18 Å². The van der Waals surface area contributed by atoms with Gasteiger partial charge in [-0.05, 0) is 37.8 Å². The van der Waals surface area contributed by atoms with Crippen molar-refractivity contribution in [1.82, 2.24) is 4.98 Å². The van der Waals surface area contributed by atoms with E-state index in [2.05, 4.69) is 10.3 Å². The number of nitrogens with zero attached hydrogens (tertiary/aromatic N) is 1. The van der Waals surface area contributed by atoms with E-state index in [1.54, 1.807) is 6.07 Å². The summed E-state index contributed by atoms with van der Waals surface area (Å²) in [5.41, 5.74) is 0. The zero-order valence-corrected chi connectivity index (χ0v) is 9.67. The normalized spacial score (nSPS) is 24.9. The van der Waals surface area contributed by atoms with Crippen molar-refractivity contribution >= 4 is 5.82 Å². The van der Waals surface area contributed by atoms with E-state index >= 15 is 0 Å². The van der Waals surface area contributed by atoms with Crippen LogP contribution in [-0.4, -0.2) is 17.2 Å². The van der Waals surface area contributed by atoms with Crippen LogP contribution in [0.3, 0.4) is 0 Å². The number of hydrogen-bond donors (Lipinski definition) is 1. The Kier molecular flexibility index (Phi) is 3.73. The SMILES string of the molecule is Fc1cccc(NC2CCC(C(F)(F)F)CC2)n1. The van der Waals surface area contributed by atoms with Crippen molar-refractivity contribution in [2.75, 3.05) is 5.32 Å². The molecule has 1 heterocycles. The number of alkyl halides is 3. The zero-order valence-electron chi connectivity index (χ0n) is 9.67. The number of pyridine rings is 1. The molecule has 0 bridgehead atoms. The van der Waals surface area contributed by atoms with Gasteiger partial charge in [0.1, 0.15) is 5.82 Å². The molecule has 0 unspecified atom stereocenters. The molecule has 0 amide bonds. The van der Waals surface area contributed by atoms with Gasteiger partial charge in [-0.25, -0.2) is 4.98 Å². The lowest BCUT2D eigenvalue weighted by Crippen LogP contribution is -2.33. The third kappa shape index (κ3) is 3.34. The van der Waals surface area contributed by atoms with Gasteiger partial charge in [-0.3, -0.25) is 0 Å². The van der Waals surface area contributed by atoms with Crippen LogP contribution in [0.25, 0.3) is 0 Å². The Hall–Kier alpha value is -1.33. The highest BCUT2D eigenvalue weighted by molar-refractivity contribution is 5.34. The average molecular weight is 262 g/mol. The fraction of sp³-hybridized carbons (Fsp3) is 0.583. The zero-order chi connectivity index (χ0) is 13.2. The van der Waals surface area contributed by atoms with Gasteiger partial charge in [-0.2, -0.15) is 17.6 Å². The molecule has 0 aliphatic heterocycles. The maximum atomic E-state index is 12.8. The molecule has 1 aliphatic carbocycles. The largest absolute Gasteiger partial charge is 0.391 e. The maximum Gasteiger partial charge on any atom is 0.391 e. The number of rotatable bonds is 2. The lowest BCUT2D eigenvalue weighted by molar-refractivity contribution is -0.182. The molecule has 6 heteroatoms. The van der Waals surface area contributed by atoms with Crippen LogP contribution in [0.5, 0.6) is 0 Å². The smallest absolute Gasteiger partial charge is 0.367 e. The third-order valence-electron chi connectivity index (χ3n) is 3.26. The fourth-order valence-electron chi connectivity index (χ4n) is 2.26. The summed E-state index contributed by atoms with van der Waals surface area (Å²) in [7, 11) is 0. The van der Waals surface area contributed by atoms with Crippen molar-refractivity contribution in [3.05, 3.63) is 24.1 Å². The molecule has 1 saturated carbocycles. The molecule has 100 valence electrons. The highest BCUT2D eigenvalue weighted by Gasteiger charge is 2.41. The lowest BCUT2D eigenvalue weighted by atomic mass is 9.85. The Labute approximate surface area is 102 Å². The van der Waals surface area contributed by atoms with Crippen molar-refractivity contribution in [3.8, 4) is 0 Å². The molecule has 0 radical (unpaired) electrons. The summed E-state index contributed by atoms with van der Waals surface area (Å²) in [6.07, 6.45) is -2.99. The molecule has 2 nitrogen and oxygen atoms in total. The molecule has 0 aromatic carbocycles. The van der Waals surface area contributed by atoms with Crippen LogP contribution in [0.4, 0.5) is 23.4 Å². The Morgan fingerprint density at radius 1 is 1.11 bits per heavy atom. The first kappa shape index (κ1) is 13.1. The van der Waals surface area contributed by atoms with Crippen LogP contribution in [0.2, 0.25) is 0 Å². The van der Waals surface area contributed by atoms with Crippen molar-refractivity contribution in [2.24, 2.45) is 5.92 Å². The van der Waals surface area contributed by atoms with Crippen molar-refractivity contribution in [3.63, 3.8) is 0 Å². The van der Waals surface area contributed by atoms with Crippen LogP contribution in [0, 0.1) is 11.9 Å². The minimum atomic E-state index is -4.10. The molecule has 0 spiro atoms. The van der Waals surface area contributed by atoms with Crippen LogP contribution in [-0.2, 0) is 0 Å². The van der Waals surface area contributed by atoms with Crippen LogP contribution in [0.15, 0.2) is 18.2 Å². The number of hydrogen-bond acceptors (Lipinski definition) is 2. The fourth-order valence-corrected chi connectivity index (χ4v) is 2.26. The summed E-state index contributed by atoms with van der Waals surface area (Å²) in [5.74, 6) is -1.41. The van der Waals surface area contributed by atoms with E-state index < -0.39 is 18.0 Å². The minimum Gasteiger partial charge on any atom is -0.367 e. The van der Waals surface area contributed by atoms with E-state index in [9.17, 15) is 17.6 Å². The Morgan fingerprint density at radius 2 is 1.78 bits per heavy atom. The van der Waals surface area contributed by atoms with Crippen LogP contribution in [0.1, 0.15) is 25.7 Å². The molecule has 0 atom stereocenters. The monoisotopic (exact) mass is 262 g/mol. The molecule has 1 aromatic heterocycles. The molecular formula is C12H14F4N2. The van der Waals surface area contributed by atoms with E-state index in [1.165, 1.54) is 12.1 Å².